The van der Waals surface area contributed by atoms with Crippen LogP contribution in [0, 0.1) is 18.3 Å². The number of hydrogen-bond donors (Lipinski definition) is 1. The van der Waals surface area contributed by atoms with E-state index in [2.05, 4.69) is 35.4 Å². The number of aromatic nitrogens is 1. The maximum absolute atomic E-state index is 12.6. The minimum absolute atomic E-state index is 0.0542. The number of likely N-dealkylation sites (N-methyl/N-ethyl adjacent to an activating group) is 1. The van der Waals surface area contributed by atoms with Crippen molar-refractivity contribution in [1.29, 1.82) is 0 Å². The Kier molecular flexibility index (Phi) is 6.54. The van der Waals surface area contributed by atoms with Gasteiger partial charge in [-0.2, -0.15) is 0 Å². The zero-order valence-electron chi connectivity index (χ0n) is 16.5. The molecule has 1 fully saturated rings. The molecule has 4 heteroatoms. The third-order valence-corrected chi connectivity index (χ3v) is 5.13. The third kappa shape index (κ3) is 5.15. The third-order valence-electron chi connectivity index (χ3n) is 5.13. The van der Waals surface area contributed by atoms with Gasteiger partial charge in [0, 0.05) is 24.7 Å². The zero-order valence-corrected chi connectivity index (χ0v) is 16.5. The molecule has 140 valence electrons. The first-order chi connectivity index (χ1) is 12.3. The monoisotopic (exact) mass is 353 g/mol. The van der Waals surface area contributed by atoms with Crippen LogP contribution in [-0.2, 0) is 11.3 Å². The molecular weight excluding hydrogens is 322 g/mol. The van der Waals surface area contributed by atoms with Crippen LogP contribution in [0.2, 0.25) is 0 Å². The smallest absolute Gasteiger partial charge is 0.231 e. The molecular formula is C22H31N3O. The van der Waals surface area contributed by atoms with Gasteiger partial charge in [-0.15, -0.1) is 0 Å². The Bertz CT molecular complexity index is 714. The van der Waals surface area contributed by atoms with E-state index in [0.29, 0.717) is 11.7 Å². The van der Waals surface area contributed by atoms with Gasteiger partial charge in [0.15, 0.2) is 0 Å². The van der Waals surface area contributed by atoms with E-state index in [1.807, 2.05) is 45.2 Å². The fourth-order valence-corrected chi connectivity index (χ4v) is 3.07. The minimum Gasteiger partial charge on any atom is -0.310 e. The average molecular weight is 354 g/mol. The highest BCUT2D eigenvalue weighted by Crippen LogP contribution is 2.45. The van der Waals surface area contributed by atoms with Gasteiger partial charge >= 0.3 is 0 Å². The summed E-state index contributed by atoms with van der Waals surface area (Å²) in [5.74, 6) is 1.18. The molecule has 1 saturated carbocycles. The lowest BCUT2D eigenvalue weighted by Crippen LogP contribution is -2.33. The van der Waals surface area contributed by atoms with Crippen LogP contribution in [0.1, 0.15) is 37.8 Å². The van der Waals surface area contributed by atoms with Crippen molar-refractivity contribution in [3.63, 3.8) is 0 Å². The van der Waals surface area contributed by atoms with Gasteiger partial charge in [0.05, 0.1) is 0 Å². The Morgan fingerprint density at radius 3 is 2.69 bits per heavy atom. The Morgan fingerprint density at radius 1 is 1.42 bits per heavy atom. The van der Waals surface area contributed by atoms with Crippen LogP contribution < -0.4 is 5.32 Å². The number of anilines is 1. The number of allylic oxidation sites excluding steroid dienone is 2. The van der Waals surface area contributed by atoms with E-state index in [0.717, 1.165) is 42.6 Å². The molecule has 26 heavy (non-hydrogen) atoms. The van der Waals surface area contributed by atoms with E-state index in [-0.39, 0.29) is 11.3 Å². The highest BCUT2D eigenvalue weighted by Gasteiger charge is 2.43. The van der Waals surface area contributed by atoms with Crippen LogP contribution in [0.4, 0.5) is 5.82 Å². The van der Waals surface area contributed by atoms with E-state index < -0.39 is 0 Å². The van der Waals surface area contributed by atoms with Crippen molar-refractivity contribution in [2.24, 2.45) is 11.3 Å². The van der Waals surface area contributed by atoms with Crippen molar-refractivity contribution in [2.45, 2.75) is 40.2 Å². The molecule has 1 aliphatic rings. The maximum Gasteiger partial charge on any atom is 0.231 e. The molecule has 1 N–H and O–H groups in total. The lowest BCUT2D eigenvalue weighted by molar-refractivity contribution is -0.124. The summed E-state index contributed by atoms with van der Waals surface area (Å²) >= 11 is 0. The molecule has 0 atom stereocenters. The van der Waals surface area contributed by atoms with E-state index in [1.54, 1.807) is 6.08 Å². The quantitative estimate of drug-likeness (QED) is 0.665. The van der Waals surface area contributed by atoms with Crippen molar-refractivity contribution >= 4 is 11.7 Å². The van der Waals surface area contributed by atoms with Crippen LogP contribution in [0.25, 0.3) is 0 Å². The van der Waals surface area contributed by atoms with E-state index in [4.69, 9.17) is 0 Å². The maximum atomic E-state index is 12.6. The van der Waals surface area contributed by atoms with Gasteiger partial charge in [-0.25, -0.2) is 4.98 Å². The van der Waals surface area contributed by atoms with Crippen LogP contribution >= 0.6 is 0 Å². The van der Waals surface area contributed by atoms with Gasteiger partial charge in [0.1, 0.15) is 5.82 Å². The number of amides is 1. The first-order valence-electron chi connectivity index (χ1n) is 9.17. The number of hydrogen-bond acceptors (Lipinski definition) is 3. The Morgan fingerprint density at radius 2 is 2.12 bits per heavy atom. The molecule has 2 rings (SSSR count). The second kappa shape index (κ2) is 8.45. The van der Waals surface area contributed by atoms with E-state index in [1.165, 1.54) is 0 Å². The molecule has 0 saturated heterocycles. The predicted octanol–water partition coefficient (Wildman–Crippen LogP) is 4.49. The van der Waals surface area contributed by atoms with Crippen molar-refractivity contribution in [2.75, 3.05) is 18.9 Å². The fraction of sp³-hybridized carbons (Fsp3) is 0.455. The number of carbonyl (C=O) groups is 1. The number of pyridine rings is 1. The first kappa shape index (κ1) is 20.1. The molecule has 1 aromatic heterocycles. The summed E-state index contributed by atoms with van der Waals surface area (Å²) in [4.78, 5) is 19.2. The lowest BCUT2D eigenvalue weighted by Gasteiger charge is -2.23. The first-order valence-corrected chi connectivity index (χ1v) is 9.17. The summed E-state index contributed by atoms with van der Waals surface area (Å²) in [6.07, 6.45) is 9.70. The minimum atomic E-state index is -0.335. The second-order valence-corrected chi connectivity index (χ2v) is 7.80. The van der Waals surface area contributed by atoms with Gasteiger partial charge in [-0.1, -0.05) is 45.2 Å². The molecule has 0 bridgehead atoms. The summed E-state index contributed by atoms with van der Waals surface area (Å²) in [5.41, 5.74) is 3.06. The second-order valence-electron chi connectivity index (χ2n) is 7.80. The van der Waals surface area contributed by atoms with Crippen molar-refractivity contribution < 1.29 is 4.79 Å². The van der Waals surface area contributed by atoms with Crippen molar-refractivity contribution in [3.8, 4) is 0 Å². The fourth-order valence-electron chi connectivity index (χ4n) is 3.07. The van der Waals surface area contributed by atoms with Gasteiger partial charge in [0.25, 0.3) is 0 Å². The number of nitrogens with one attached hydrogen (secondary N) is 1. The SMILES string of the molecule is C=C/C=C(\C=C)CN(C)Cc1cc(NC(=O)C(C)(C)C2CC2)ncc1C. The molecule has 0 spiro atoms. The Labute approximate surface area is 157 Å². The Balaban J connectivity index is 2.06. The molecule has 0 aliphatic heterocycles. The summed E-state index contributed by atoms with van der Waals surface area (Å²) in [6.45, 7) is 15.2. The van der Waals surface area contributed by atoms with E-state index in [9.17, 15) is 4.79 Å². The number of rotatable bonds is 9. The van der Waals surface area contributed by atoms with E-state index >= 15 is 0 Å². The highest BCUT2D eigenvalue weighted by atomic mass is 16.2. The number of nitrogens with zero attached hydrogens (tertiary/aromatic N) is 2. The predicted molar refractivity (Wildman–Crippen MR) is 109 cm³/mol. The molecule has 0 radical (unpaired) electrons. The molecule has 0 aromatic carbocycles. The van der Waals surface area contributed by atoms with Crippen LogP contribution in [0.3, 0.4) is 0 Å². The molecule has 0 unspecified atom stereocenters. The van der Waals surface area contributed by atoms with Gasteiger partial charge in [-0.3, -0.25) is 9.69 Å². The summed E-state index contributed by atoms with van der Waals surface area (Å²) in [6, 6.07) is 1.98. The molecule has 1 aliphatic carbocycles. The summed E-state index contributed by atoms with van der Waals surface area (Å²) in [5, 5.41) is 3.01. The van der Waals surface area contributed by atoms with Gasteiger partial charge in [-0.05, 0) is 55.5 Å². The molecule has 4 nitrogen and oxygen atoms in total. The topological polar surface area (TPSA) is 45.2 Å². The Hall–Kier alpha value is -2.20. The molecule has 1 amide bonds. The normalized spacial score (nSPS) is 15.0. The average Bonchev–Trinajstić information content (AvgIpc) is 3.42. The van der Waals surface area contributed by atoms with Crippen LogP contribution in [0.15, 0.2) is 49.2 Å². The highest BCUT2D eigenvalue weighted by molar-refractivity contribution is 5.94. The number of carbonyl (C=O) groups excluding carboxylic acids is 1. The molecule has 1 aromatic rings. The van der Waals surface area contributed by atoms with Gasteiger partial charge < -0.3 is 5.32 Å². The lowest BCUT2D eigenvalue weighted by atomic mass is 9.86. The standard InChI is InChI=1S/C22H31N3O/c1-7-9-17(8-2)14-25(6)15-18-12-20(23-13-16(18)3)24-21(26)22(4,5)19-10-11-19/h7-9,12-13,19H,1-2,10-11,14-15H2,3-6H3,(H,23,24,26)/b17-9+. The van der Waals surface area contributed by atoms with Crippen molar-refractivity contribution in [3.05, 3.63) is 60.3 Å². The summed E-state index contributed by atoms with van der Waals surface area (Å²) < 4.78 is 0. The van der Waals surface area contributed by atoms with Gasteiger partial charge in [0.2, 0.25) is 5.91 Å². The van der Waals surface area contributed by atoms with Crippen LogP contribution in [0.5, 0.6) is 0 Å². The van der Waals surface area contributed by atoms with Crippen molar-refractivity contribution in [1.82, 2.24) is 9.88 Å². The van der Waals surface area contributed by atoms with Crippen LogP contribution in [-0.4, -0.2) is 29.4 Å². The number of aryl methyl sites for hydroxylation is 1. The summed E-state index contributed by atoms with van der Waals surface area (Å²) in [7, 11) is 2.06. The zero-order chi connectivity index (χ0) is 19.3. The largest absolute Gasteiger partial charge is 0.310 e. The molecule has 1 heterocycles.